The SMILES string of the molecule is O=C(OC1C2CCC(C2)C1O)C(C(F)(F)F)(C(F)(F)C(F)(F)F)S(=O)(=O)O. The Labute approximate surface area is 146 Å². The van der Waals surface area contributed by atoms with Gasteiger partial charge >= 0.3 is 29.0 Å². The number of rotatable bonds is 4. The van der Waals surface area contributed by atoms with E-state index in [1.54, 1.807) is 0 Å². The van der Waals surface area contributed by atoms with E-state index in [2.05, 4.69) is 4.74 Å². The van der Waals surface area contributed by atoms with E-state index in [4.69, 9.17) is 4.55 Å². The number of carbonyl (C=O) groups excluding carboxylic acids is 1. The zero-order valence-corrected chi connectivity index (χ0v) is 13.7. The third-order valence-electron chi connectivity index (χ3n) is 4.91. The maximum absolute atomic E-state index is 13.7. The quantitative estimate of drug-likeness (QED) is 0.398. The fourth-order valence-electron chi connectivity index (χ4n) is 3.62. The van der Waals surface area contributed by atoms with Gasteiger partial charge in [-0.2, -0.15) is 43.5 Å². The molecule has 2 fully saturated rings. The topological polar surface area (TPSA) is 101 Å². The van der Waals surface area contributed by atoms with Crippen molar-refractivity contribution in [3.8, 4) is 0 Å². The van der Waals surface area contributed by atoms with Crippen LogP contribution >= 0.6 is 0 Å². The molecule has 2 bridgehead atoms. The molecule has 15 heteroatoms. The van der Waals surface area contributed by atoms with Crippen LogP contribution in [0.2, 0.25) is 0 Å². The lowest BCUT2D eigenvalue weighted by Gasteiger charge is -2.38. The maximum Gasteiger partial charge on any atom is 0.456 e. The number of hydrogen-bond acceptors (Lipinski definition) is 5. The van der Waals surface area contributed by atoms with Crippen LogP contribution in [0.25, 0.3) is 0 Å². The summed E-state index contributed by atoms with van der Waals surface area (Å²) in [5.74, 6) is -12.3. The molecule has 0 heterocycles. The van der Waals surface area contributed by atoms with Crippen molar-refractivity contribution in [1.82, 2.24) is 0 Å². The minimum Gasteiger partial charge on any atom is -0.458 e. The van der Waals surface area contributed by atoms with Gasteiger partial charge in [0.25, 0.3) is 10.1 Å². The van der Waals surface area contributed by atoms with Gasteiger partial charge in [0.1, 0.15) is 6.10 Å². The second-order valence-corrected chi connectivity index (χ2v) is 7.98. The monoisotopic (exact) mass is 436 g/mol. The number of aliphatic hydroxyl groups excluding tert-OH is 1. The molecule has 2 saturated carbocycles. The Kier molecular flexibility index (Phi) is 5.02. The molecule has 2 rings (SSSR count). The number of aliphatic hydroxyl groups is 1. The number of ether oxygens (including phenoxy) is 1. The van der Waals surface area contributed by atoms with Crippen molar-refractivity contribution in [3.05, 3.63) is 0 Å². The first-order chi connectivity index (χ1) is 11.9. The second kappa shape index (κ2) is 6.14. The molecule has 5 unspecified atom stereocenters. The maximum atomic E-state index is 13.7. The molecule has 0 aliphatic heterocycles. The minimum absolute atomic E-state index is 0.0969. The molecule has 0 saturated heterocycles. The van der Waals surface area contributed by atoms with Gasteiger partial charge in [0, 0.05) is 0 Å². The van der Waals surface area contributed by atoms with Crippen molar-refractivity contribution in [1.29, 1.82) is 0 Å². The summed E-state index contributed by atoms with van der Waals surface area (Å²) in [7, 11) is -7.45. The summed E-state index contributed by atoms with van der Waals surface area (Å²) < 4.78 is 133. The van der Waals surface area contributed by atoms with Gasteiger partial charge in [-0.3, -0.25) is 4.55 Å². The van der Waals surface area contributed by atoms with Crippen molar-refractivity contribution in [3.63, 3.8) is 0 Å². The first-order valence-electron chi connectivity index (χ1n) is 7.27. The van der Waals surface area contributed by atoms with Gasteiger partial charge in [0.05, 0.1) is 6.10 Å². The molecule has 2 aliphatic rings. The lowest BCUT2D eigenvalue weighted by atomic mass is 9.94. The third-order valence-corrected chi connectivity index (χ3v) is 6.34. The van der Waals surface area contributed by atoms with Crippen LogP contribution in [0, 0.1) is 11.8 Å². The van der Waals surface area contributed by atoms with E-state index in [0.717, 1.165) is 0 Å². The van der Waals surface area contributed by atoms with Crippen molar-refractivity contribution in [2.45, 2.75) is 54.5 Å². The number of hydrogen-bond donors (Lipinski definition) is 2. The Morgan fingerprint density at radius 3 is 1.74 bits per heavy atom. The Morgan fingerprint density at radius 2 is 1.41 bits per heavy atom. The Hall–Kier alpha value is -1.22. The average Bonchev–Trinajstić information content (AvgIpc) is 2.97. The lowest BCUT2D eigenvalue weighted by molar-refractivity contribution is -0.332. The Balaban J connectivity index is 2.61. The van der Waals surface area contributed by atoms with Crippen LogP contribution in [0.4, 0.5) is 35.1 Å². The summed E-state index contributed by atoms with van der Waals surface area (Å²) >= 11 is 0. The predicted octanol–water partition coefficient (Wildman–Crippen LogP) is 2.08. The number of esters is 1. The van der Waals surface area contributed by atoms with Crippen molar-refractivity contribution < 1.29 is 62.7 Å². The molecule has 0 spiro atoms. The van der Waals surface area contributed by atoms with Gasteiger partial charge in [-0.05, 0) is 31.1 Å². The minimum atomic E-state index is -7.45. The zero-order valence-electron chi connectivity index (χ0n) is 12.9. The lowest BCUT2D eigenvalue weighted by Crippen LogP contribution is -2.73. The summed E-state index contributed by atoms with van der Waals surface area (Å²) in [6, 6.07) is 0. The van der Waals surface area contributed by atoms with Crippen LogP contribution in [0.1, 0.15) is 19.3 Å². The summed E-state index contributed by atoms with van der Waals surface area (Å²) in [6.07, 6.45) is -17.3. The molecule has 0 aromatic carbocycles. The number of fused-ring (bicyclic) bond motifs is 2. The fraction of sp³-hybridized carbons (Fsp3) is 0.917. The molecule has 27 heavy (non-hydrogen) atoms. The summed E-state index contributed by atoms with van der Waals surface area (Å²) in [5, 5.41) is 9.78. The van der Waals surface area contributed by atoms with Crippen molar-refractivity contribution in [2.24, 2.45) is 11.8 Å². The van der Waals surface area contributed by atoms with Crippen LogP contribution in [-0.4, -0.2) is 59.3 Å². The van der Waals surface area contributed by atoms with Crippen LogP contribution in [0.3, 0.4) is 0 Å². The standard InChI is InChI=1S/C12H12F8O6S/c13-10(14,12(18,19)20)9(11(15,16)17,27(23,24)25)8(22)26-7-5-2-1-4(3-5)6(7)21/h4-7,21H,1-3H2,(H,23,24,25). The predicted molar refractivity (Wildman–Crippen MR) is 68.1 cm³/mol. The van der Waals surface area contributed by atoms with Crippen LogP contribution in [-0.2, 0) is 19.6 Å². The molecular weight excluding hydrogens is 424 g/mol. The van der Waals surface area contributed by atoms with E-state index < -0.39 is 63.2 Å². The highest BCUT2D eigenvalue weighted by Crippen LogP contribution is 2.56. The van der Waals surface area contributed by atoms with Crippen molar-refractivity contribution >= 4 is 16.1 Å². The largest absolute Gasteiger partial charge is 0.458 e. The van der Waals surface area contributed by atoms with E-state index in [1.807, 2.05) is 0 Å². The first-order valence-corrected chi connectivity index (χ1v) is 8.71. The van der Waals surface area contributed by atoms with Gasteiger partial charge in [0.2, 0.25) is 0 Å². The number of halogens is 8. The molecule has 6 nitrogen and oxygen atoms in total. The third kappa shape index (κ3) is 2.97. The molecule has 0 aromatic rings. The molecule has 0 radical (unpaired) electrons. The summed E-state index contributed by atoms with van der Waals surface area (Å²) in [4.78, 5) is 11.9. The molecule has 2 N–H and O–H groups in total. The van der Waals surface area contributed by atoms with E-state index in [1.165, 1.54) is 0 Å². The molecular formula is C12H12F8O6S. The highest BCUT2D eigenvalue weighted by Gasteiger charge is 2.90. The van der Waals surface area contributed by atoms with Crippen molar-refractivity contribution in [2.75, 3.05) is 0 Å². The van der Waals surface area contributed by atoms with E-state index in [9.17, 15) is 53.4 Å². The van der Waals surface area contributed by atoms with Crippen LogP contribution < -0.4 is 0 Å². The Morgan fingerprint density at radius 1 is 0.926 bits per heavy atom. The highest BCUT2D eigenvalue weighted by atomic mass is 32.2. The smallest absolute Gasteiger partial charge is 0.456 e. The molecule has 2 aliphatic carbocycles. The van der Waals surface area contributed by atoms with E-state index in [0.29, 0.717) is 6.42 Å². The average molecular weight is 436 g/mol. The normalized spacial score (nSPS) is 31.6. The number of alkyl halides is 8. The highest BCUT2D eigenvalue weighted by molar-refractivity contribution is 7.88. The van der Waals surface area contributed by atoms with Gasteiger partial charge in [-0.25, -0.2) is 4.79 Å². The first kappa shape index (κ1) is 22.1. The van der Waals surface area contributed by atoms with E-state index in [-0.39, 0.29) is 12.8 Å². The van der Waals surface area contributed by atoms with Crippen LogP contribution in [0.5, 0.6) is 0 Å². The van der Waals surface area contributed by atoms with Gasteiger partial charge in [-0.15, -0.1) is 0 Å². The zero-order chi connectivity index (χ0) is 21.2. The van der Waals surface area contributed by atoms with Gasteiger partial charge in [0.15, 0.2) is 0 Å². The molecule has 0 amide bonds. The summed E-state index contributed by atoms with van der Waals surface area (Å²) in [6.45, 7) is 0. The second-order valence-electron chi connectivity index (χ2n) is 6.42. The molecule has 158 valence electrons. The van der Waals surface area contributed by atoms with Gasteiger partial charge in [-0.1, -0.05) is 0 Å². The van der Waals surface area contributed by atoms with Gasteiger partial charge < -0.3 is 9.84 Å². The number of carbonyl (C=O) groups is 1. The molecule has 5 atom stereocenters. The fourth-order valence-corrected chi connectivity index (χ4v) is 4.61. The Bertz CT molecular complexity index is 714. The van der Waals surface area contributed by atoms with E-state index >= 15 is 0 Å². The molecule has 0 aromatic heterocycles. The summed E-state index contributed by atoms with van der Waals surface area (Å²) in [5.41, 5.74) is 0. The van der Waals surface area contributed by atoms with Crippen LogP contribution in [0.15, 0.2) is 0 Å².